The number of halogens is 2. The Hall–Kier alpha value is -2.04. The fraction of sp³-hybridized carbons (Fsp3) is 0.182. The lowest BCUT2D eigenvalue weighted by Gasteiger charge is -2.13. The van der Waals surface area contributed by atoms with Crippen LogP contribution in [0, 0.1) is 0 Å². The maximum Gasteiger partial charge on any atom is 0.120 e. The van der Waals surface area contributed by atoms with Crippen molar-refractivity contribution in [2.45, 2.75) is 19.3 Å². The molecule has 140 valence electrons. The molecule has 3 rings (SSSR count). The van der Waals surface area contributed by atoms with Crippen molar-refractivity contribution in [1.29, 1.82) is 0 Å². The molecule has 0 bridgehead atoms. The first-order valence-corrected chi connectivity index (χ1v) is 9.47. The van der Waals surface area contributed by atoms with Crippen molar-refractivity contribution in [3.8, 4) is 5.75 Å². The van der Waals surface area contributed by atoms with Crippen molar-refractivity contribution in [3.63, 3.8) is 0 Å². The first-order valence-electron chi connectivity index (χ1n) is 8.71. The van der Waals surface area contributed by atoms with Crippen molar-refractivity contribution >= 4 is 23.2 Å². The van der Waals surface area contributed by atoms with E-state index in [1.807, 2.05) is 60.7 Å². The van der Waals surface area contributed by atoms with Crippen LogP contribution in [0.5, 0.6) is 5.75 Å². The zero-order valence-corrected chi connectivity index (χ0v) is 16.3. The Morgan fingerprint density at radius 3 is 2.44 bits per heavy atom. The topological polar surface area (TPSA) is 41.5 Å². The summed E-state index contributed by atoms with van der Waals surface area (Å²) in [5.41, 5.74) is 2.95. The highest BCUT2D eigenvalue weighted by Crippen LogP contribution is 2.23. The zero-order chi connectivity index (χ0) is 19.1. The number of ether oxygens (including phenoxy) is 1. The number of aliphatic hydroxyl groups is 1. The van der Waals surface area contributed by atoms with Crippen LogP contribution >= 0.6 is 23.2 Å². The van der Waals surface area contributed by atoms with Gasteiger partial charge in [-0.25, -0.2) is 0 Å². The van der Waals surface area contributed by atoms with Gasteiger partial charge < -0.3 is 15.2 Å². The Balaban J connectivity index is 1.50. The van der Waals surface area contributed by atoms with E-state index in [1.54, 1.807) is 12.1 Å². The van der Waals surface area contributed by atoms with Crippen molar-refractivity contribution < 1.29 is 9.84 Å². The zero-order valence-electron chi connectivity index (χ0n) is 14.7. The van der Waals surface area contributed by atoms with Crippen LogP contribution in [0.15, 0.2) is 72.8 Å². The van der Waals surface area contributed by atoms with Crippen LogP contribution < -0.4 is 10.1 Å². The van der Waals surface area contributed by atoms with Crippen molar-refractivity contribution in [2.75, 3.05) is 6.54 Å². The molecule has 0 spiro atoms. The highest BCUT2D eigenvalue weighted by molar-refractivity contribution is 6.42. The number of hydrogen-bond acceptors (Lipinski definition) is 3. The molecule has 2 N–H and O–H groups in total. The minimum Gasteiger partial charge on any atom is -0.489 e. The lowest BCUT2D eigenvalue weighted by Crippen LogP contribution is -2.21. The molecule has 0 saturated carbocycles. The minimum absolute atomic E-state index is 0.417. The van der Waals surface area contributed by atoms with Crippen LogP contribution in [0.1, 0.15) is 22.8 Å². The fourth-order valence-corrected chi connectivity index (χ4v) is 3.01. The largest absolute Gasteiger partial charge is 0.489 e. The molecular formula is C22H21Cl2NO2. The average molecular weight is 402 g/mol. The number of hydrogen-bond donors (Lipinski definition) is 2. The van der Waals surface area contributed by atoms with E-state index in [0.717, 1.165) is 22.4 Å². The molecule has 0 heterocycles. The molecule has 3 nitrogen and oxygen atoms in total. The minimum atomic E-state index is -0.528. The first-order chi connectivity index (χ1) is 13.1. The second-order valence-electron chi connectivity index (χ2n) is 6.24. The van der Waals surface area contributed by atoms with Crippen LogP contribution in [-0.4, -0.2) is 11.7 Å². The predicted molar refractivity (Wildman–Crippen MR) is 110 cm³/mol. The predicted octanol–water partition coefficient (Wildman–Crippen LogP) is 5.40. The van der Waals surface area contributed by atoms with E-state index in [2.05, 4.69) is 5.32 Å². The van der Waals surface area contributed by atoms with Crippen LogP contribution in [0.25, 0.3) is 0 Å². The molecule has 3 aromatic carbocycles. The van der Waals surface area contributed by atoms with Gasteiger partial charge in [0.05, 0.1) is 16.1 Å². The molecule has 0 amide bonds. The lowest BCUT2D eigenvalue weighted by molar-refractivity contribution is 0.174. The Morgan fingerprint density at radius 2 is 1.67 bits per heavy atom. The molecule has 0 aromatic heterocycles. The van der Waals surface area contributed by atoms with Gasteiger partial charge in [-0.2, -0.15) is 0 Å². The Kier molecular flexibility index (Phi) is 7.13. The molecule has 0 aliphatic heterocycles. The Bertz CT molecular complexity index is 871. The monoisotopic (exact) mass is 401 g/mol. The molecule has 0 aliphatic rings. The molecule has 0 aliphatic carbocycles. The van der Waals surface area contributed by atoms with E-state index in [0.29, 0.717) is 29.7 Å². The van der Waals surface area contributed by atoms with Gasteiger partial charge in [-0.15, -0.1) is 0 Å². The first kappa shape index (κ1) is 19.7. The summed E-state index contributed by atoms with van der Waals surface area (Å²) < 4.78 is 5.85. The molecule has 0 unspecified atom stereocenters. The number of aliphatic hydroxyl groups excluding tert-OH is 1. The lowest BCUT2D eigenvalue weighted by atomic mass is 10.1. The maximum absolute atomic E-state index is 10.2. The van der Waals surface area contributed by atoms with Crippen molar-refractivity contribution in [3.05, 3.63) is 99.5 Å². The quantitative estimate of drug-likeness (QED) is 0.531. The summed E-state index contributed by atoms with van der Waals surface area (Å²) in [5, 5.41) is 14.5. The summed E-state index contributed by atoms with van der Waals surface area (Å²) in [4.78, 5) is 0. The maximum atomic E-state index is 10.2. The van der Waals surface area contributed by atoms with Gasteiger partial charge in [0, 0.05) is 13.1 Å². The average Bonchev–Trinajstić information content (AvgIpc) is 2.70. The standard InChI is InChI=1S/C22H21Cl2NO2/c23-20-10-9-17(12-21(20)24)15-27-19-8-4-5-16(11-19)13-25-14-22(26)18-6-2-1-3-7-18/h1-12,22,25-26H,13-15H2/t22-/m1/s1. The number of benzene rings is 3. The highest BCUT2D eigenvalue weighted by atomic mass is 35.5. The van der Waals surface area contributed by atoms with Gasteiger partial charge in [0.15, 0.2) is 0 Å². The van der Waals surface area contributed by atoms with Gasteiger partial charge in [-0.1, -0.05) is 71.7 Å². The third kappa shape index (κ3) is 5.98. The molecule has 5 heteroatoms. The molecule has 0 fully saturated rings. The van der Waals surface area contributed by atoms with E-state index in [-0.39, 0.29) is 0 Å². The third-order valence-corrected chi connectivity index (χ3v) is 4.88. The summed E-state index contributed by atoms with van der Waals surface area (Å²) in [5.74, 6) is 0.781. The van der Waals surface area contributed by atoms with Crippen LogP contribution in [-0.2, 0) is 13.2 Å². The van der Waals surface area contributed by atoms with Gasteiger partial charge in [0.1, 0.15) is 12.4 Å². The van der Waals surface area contributed by atoms with Crippen LogP contribution in [0.4, 0.5) is 0 Å². The normalized spacial score (nSPS) is 12.0. The molecule has 1 atom stereocenters. The van der Waals surface area contributed by atoms with Gasteiger partial charge in [0.2, 0.25) is 0 Å². The van der Waals surface area contributed by atoms with Gasteiger partial charge in [0.25, 0.3) is 0 Å². The molecule has 27 heavy (non-hydrogen) atoms. The SMILES string of the molecule is O[C@H](CNCc1cccc(OCc2ccc(Cl)c(Cl)c2)c1)c1ccccc1. The van der Waals surface area contributed by atoms with Crippen molar-refractivity contribution in [2.24, 2.45) is 0 Å². The molecule has 3 aromatic rings. The van der Waals surface area contributed by atoms with Crippen LogP contribution in [0.3, 0.4) is 0 Å². The summed E-state index contributed by atoms with van der Waals surface area (Å²) in [6.45, 7) is 1.55. The summed E-state index contributed by atoms with van der Waals surface area (Å²) >= 11 is 12.0. The molecule has 0 radical (unpaired) electrons. The van der Waals surface area contributed by atoms with E-state index >= 15 is 0 Å². The van der Waals surface area contributed by atoms with Gasteiger partial charge in [-0.3, -0.25) is 0 Å². The summed E-state index contributed by atoms with van der Waals surface area (Å²) in [6, 6.07) is 23.0. The Labute approximate surface area is 169 Å². The summed E-state index contributed by atoms with van der Waals surface area (Å²) in [6.07, 6.45) is -0.528. The molecule has 0 saturated heterocycles. The smallest absolute Gasteiger partial charge is 0.120 e. The highest BCUT2D eigenvalue weighted by Gasteiger charge is 2.06. The second kappa shape index (κ2) is 9.77. The number of nitrogens with one attached hydrogen (secondary N) is 1. The fourth-order valence-electron chi connectivity index (χ4n) is 2.69. The van der Waals surface area contributed by atoms with Crippen LogP contribution in [0.2, 0.25) is 10.0 Å². The number of rotatable bonds is 8. The van der Waals surface area contributed by atoms with E-state index in [9.17, 15) is 5.11 Å². The van der Waals surface area contributed by atoms with E-state index in [4.69, 9.17) is 27.9 Å². The van der Waals surface area contributed by atoms with Crippen molar-refractivity contribution in [1.82, 2.24) is 5.32 Å². The Morgan fingerprint density at radius 1 is 0.852 bits per heavy atom. The van der Waals surface area contributed by atoms with E-state index in [1.165, 1.54) is 0 Å². The second-order valence-corrected chi connectivity index (χ2v) is 7.06. The van der Waals surface area contributed by atoms with Gasteiger partial charge >= 0.3 is 0 Å². The molecular weight excluding hydrogens is 381 g/mol. The van der Waals surface area contributed by atoms with E-state index < -0.39 is 6.10 Å². The summed E-state index contributed by atoms with van der Waals surface area (Å²) in [7, 11) is 0. The van der Waals surface area contributed by atoms with Gasteiger partial charge in [-0.05, 0) is 41.0 Å². The third-order valence-electron chi connectivity index (χ3n) is 4.14.